The van der Waals surface area contributed by atoms with Gasteiger partial charge < -0.3 is 19.3 Å². The SMILES string of the molecule is C=CC1=C(C=C)c2c(c(C(=O)N3CCOCC3)nn2-c2cccc(C(=O)N3CCCC(OC)C3)c2)CS1. The predicted molar refractivity (Wildman–Crippen MR) is 145 cm³/mol. The zero-order chi connectivity index (χ0) is 25.9. The largest absolute Gasteiger partial charge is 0.380 e. The van der Waals surface area contributed by atoms with E-state index in [9.17, 15) is 9.59 Å². The summed E-state index contributed by atoms with van der Waals surface area (Å²) in [4.78, 5) is 31.6. The lowest BCUT2D eigenvalue weighted by Gasteiger charge is -2.32. The van der Waals surface area contributed by atoms with E-state index in [4.69, 9.17) is 14.6 Å². The quantitative estimate of drug-likeness (QED) is 0.575. The number of rotatable bonds is 6. The minimum Gasteiger partial charge on any atom is -0.380 e. The fourth-order valence-electron chi connectivity index (χ4n) is 5.12. The molecule has 2 saturated heterocycles. The van der Waals surface area contributed by atoms with E-state index in [1.54, 1.807) is 34.5 Å². The monoisotopic (exact) mass is 520 g/mol. The second kappa shape index (κ2) is 11.1. The number of ether oxygens (including phenoxy) is 2. The Labute approximate surface area is 221 Å². The Morgan fingerprint density at radius 2 is 1.95 bits per heavy atom. The molecule has 4 heterocycles. The number of piperidine rings is 1. The van der Waals surface area contributed by atoms with Gasteiger partial charge in [-0.15, -0.1) is 11.8 Å². The van der Waals surface area contributed by atoms with Gasteiger partial charge in [0, 0.05) is 60.6 Å². The Hall–Kier alpha value is -3.14. The third-order valence-electron chi connectivity index (χ3n) is 7.10. The van der Waals surface area contributed by atoms with Gasteiger partial charge in [-0.1, -0.05) is 31.4 Å². The summed E-state index contributed by atoms with van der Waals surface area (Å²) in [7, 11) is 1.69. The van der Waals surface area contributed by atoms with Crippen LogP contribution in [0.4, 0.5) is 0 Å². The van der Waals surface area contributed by atoms with Crippen LogP contribution in [0.3, 0.4) is 0 Å². The number of amides is 2. The highest BCUT2D eigenvalue weighted by atomic mass is 32.2. The minimum absolute atomic E-state index is 0.0314. The topological polar surface area (TPSA) is 76.9 Å². The van der Waals surface area contributed by atoms with Crippen LogP contribution >= 0.6 is 11.8 Å². The Bertz CT molecular complexity index is 1260. The molecule has 0 radical (unpaired) electrons. The number of fused-ring (bicyclic) bond motifs is 1. The highest BCUT2D eigenvalue weighted by Crippen LogP contribution is 2.41. The highest BCUT2D eigenvalue weighted by Gasteiger charge is 2.32. The first kappa shape index (κ1) is 25.5. The average Bonchev–Trinajstić information content (AvgIpc) is 3.36. The number of carbonyl (C=O) groups excluding carboxylic acids is 2. The molecule has 9 heteroatoms. The molecule has 3 aliphatic heterocycles. The van der Waals surface area contributed by atoms with Crippen LogP contribution in [0.1, 0.15) is 44.9 Å². The van der Waals surface area contributed by atoms with Crippen LogP contribution in [-0.4, -0.2) is 84.0 Å². The van der Waals surface area contributed by atoms with Gasteiger partial charge in [0.25, 0.3) is 11.8 Å². The Kier molecular flexibility index (Phi) is 7.64. The summed E-state index contributed by atoms with van der Waals surface area (Å²) in [5.41, 5.74) is 4.31. The van der Waals surface area contributed by atoms with Gasteiger partial charge in [0.2, 0.25) is 0 Å². The number of morpholine rings is 1. The molecule has 2 aromatic rings. The maximum atomic E-state index is 13.6. The molecule has 1 aromatic heterocycles. The molecule has 0 aliphatic carbocycles. The second-order valence-corrected chi connectivity index (χ2v) is 10.3. The van der Waals surface area contributed by atoms with Crippen LogP contribution in [0.5, 0.6) is 0 Å². The third kappa shape index (κ3) is 4.91. The van der Waals surface area contributed by atoms with Gasteiger partial charge in [-0.05, 0) is 31.0 Å². The standard InChI is InChI=1S/C28H32N4O4S/c1-4-22-24(5-2)37-18-23-25(28(34)30-12-14-36-15-13-30)29-32(26(22)23)20-9-6-8-19(16-20)27(33)31-11-7-10-21(17-31)35-3/h4-6,8-9,16,21H,1-2,7,10-15,17-18H2,3H3. The molecule has 0 N–H and O–H groups in total. The number of hydrogen-bond acceptors (Lipinski definition) is 6. The van der Waals surface area contributed by atoms with E-state index in [2.05, 4.69) is 13.2 Å². The molecule has 0 bridgehead atoms. The molecule has 2 fully saturated rings. The molecule has 0 spiro atoms. The third-order valence-corrected chi connectivity index (χ3v) is 8.23. The van der Waals surface area contributed by atoms with Gasteiger partial charge in [-0.25, -0.2) is 4.68 Å². The van der Waals surface area contributed by atoms with Gasteiger partial charge in [0.05, 0.1) is 30.7 Å². The molecule has 3 aliphatic rings. The molecular formula is C28H32N4O4S. The fourth-order valence-corrected chi connectivity index (χ4v) is 6.14. The van der Waals surface area contributed by atoms with Gasteiger partial charge in [0.15, 0.2) is 5.69 Å². The minimum atomic E-state index is -0.101. The van der Waals surface area contributed by atoms with E-state index in [0.717, 1.165) is 40.3 Å². The number of aromatic nitrogens is 2. The Balaban J connectivity index is 1.57. The van der Waals surface area contributed by atoms with Crippen molar-refractivity contribution in [3.05, 3.63) is 77.0 Å². The summed E-state index contributed by atoms with van der Waals surface area (Å²) in [5, 5.41) is 4.85. The van der Waals surface area contributed by atoms with Crippen molar-refractivity contribution in [3.63, 3.8) is 0 Å². The Morgan fingerprint density at radius 3 is 2.68 bits per heavy atom. The van der Waals surface area contributed by atoms with Crippen molar-refractivity contribution in [2.75, 3.05) is 46.5 Å². The maximum Gasteiger partial charge on any atom is 0.274 e. The predicted octanol–water partition coefficient (Wildman–Crippen LogP) is 3.93. The number of nitrogens with zero attached hydrogens (tertiary/aromatic N) is 4. The summed E-state index contributed by atoms with van der Waals surface area (Å²) < 4.78 is 12.7. The number of benzene rings is 1. The lowest BCUT2D eigenvalue weighted by atomic mass is 10.0. The Morgan fingerprint density at radius 1 is 1.14 bits per heavy atom. The van der Waals surface area contributed by atoms with Crippen molar-refractivity contribution in [2.45, 2.75) is 24.7 Å². The number of allylic oxidation sites excluding steroid dienone is 3. The summed E-state index contributed by atoms with van der Waals surface area (Å²) in [5.74, 6) is 0.469. The average molecular weight is 521 g/mol. The molecule has 1 unspecified atom stereocenters. The van der Waals surface area contributed by atoms with Gasteiger partial charge in [0.1, 0.15) is 0 Å². The molecule has 5 rings (SSSR count). The van der Waals surface area contributed by atoms with Gasteiger partial charge in [-0.2, -0.15) is 5.10 Å². The van der Waals surface area contributed by atoms with E-state index >= 15 is 0 Å². The van der Waals surface area contributed by atoms with Crippen LogP contribution in [0.2, 0.25) is 0 Å². The molecule has 1 atom stereocenters. The first-order valence-corrected chi connectivity index (χ1v) is 13.6. The van der Waals surface area contributed by atoms with Crippen molar-refractivity contribution in [1.29, 1.82) is 0 Å². The normalized spacial score (nSPS) is 20.0. The smallest absolute Gasteiger partial charge is 0.274 e. The van der Waals surface area contributed by atoms with E-state index in [0.29, 0.717) is 56.4 Å². The number of methoxy groups -OCH3 is 1. The summed E-state index contributed by atoms with van der Waals surface area (Å²) >= 11 is 1.62. The first-order valence-electron chi connectivity index (χ1n) is 12.6. The van der Waals surface area contributed by atoms with Gasteiger partial charge >= 0.3 is 0 Å². The van der Waals surface area contributed by atoms with Crippen LogP contribution in [0, 0.1) is 0 Å². The number of thioether (sulfide) groups is 1. The van der Waals surface area contributed by atoms with Gasteiger partial charge in [-0.3, -0.25) is 9.59 Å². The van der Waals surface area contributed by atoms with Crippen molar-refractivity contribution in [1.82, 2.24) is 19.6 Å². The summed E-state index contributed by atoms with van der Waals surface area (Å²) in [6.45, 7) is 11.4. The van der Waals surface area contributed by atoms with E-state index in [1.807, 2.05) is 35.2 Å². The van der Waals surface area contributed by atoms with E-state index in [1.165, 1.54) is 0 Å². The van der Waals surface area contributed by atoms with E-state index in [-0.39, 0.29) is 17.9 Å². The van der Waals surface area contributed by atoms with E-state index < -0.39 is 0 Å². The number of likely N-dealkylation sites (tertiary alicyclic amines) is 1. The molecule has 8 nitrogen and oxygen atoms in total. The molecule has 0 saturated carbocycles. The van der Waals surface area contributed by atoms with Crippen LogP contribution in [-0.2, 0) is 15.2 Å². The second-order valence-electron chi connectivity index (χ2n) is 9.27. The summed E-state index contributed by atoms with van der Waals surface area (Å²) in [6, 6.07) is 7.46. The van der Waals surface area contributed by atoms with Crippen LogP contribution in [0.25, 0.3) is 11.3 Å². The number of carbonyl (C=O) groups is 2. The number of hydrogen-bond donors (Lipinski definition) is 0. The van der Waals surface area contributed by atoms with Crippen molar-refractivity contribution < 1.29 is 19.1 Å². The molecule has 194 valence electrons. The van der Waals surface area contributed by atoms with Crippen molar-refractivity contribution in [3.8, 4) is 5.69 Å². The fraction of sp³-hybridized carbons (Fsp3) is 0.393. The lowest BCUT2D eigenvalue weighted by molar-refractivity contribution is 0.0269. The van der Waals surface area contributed by atoms with Crippen molar-refractivity contribution >= 4 is 29.1 Å². The van der Waals surface area contributed by atoms with Crippen LogP contribution < -0.4 is 0 Å². The van der Waals surface area contributed by atoms with Crippen LogP contribution in [0.15, 0.2) is 54.5 Å². The molecule has 37 heavy (non-hydrogen) atoms. The maximum absolute atomic E-state index is 13.6. The summed E-state index contributed by atoms with van der Waals surface area (Å²) in [6.07, 6.45) is 5.53. The van der Waals surface area contributed by atoms with Crippen molar-refractivity contribution in [2.24, 2.45) is 0 Å². The molecule has 2 amide bonds. The lowest BCUT2D eigenvalue weighted by Crippen LogP contribution is -2.42. The zero-order valence-electron chi connectivity index (χ0n) is 21.1. The molecule has 1 aromatic carbocycles. The first-order chi connectivity index (χ1) is 18.0. The molecular weight excluding hydrogens is 488 g/mol. The zero-order valence-corrected chi connectivity index (χ0v) is 22.0. The highest BCUT2D eigenvalue weighted by molar-refractivity contribution is 8.02.